The van der Waals surface area contributed by atoms with Crippen LogP contribution in [-0.4, -0.2) is 10.4 Å². The van der Waals surface area contributed by atoms with Crippen molar-refractivity contribution in [2.75, 3.05) is 0 Å². The van der Waals surface area contributed by atoms with Gasteiger partial charge in [-0.05, 0) is 46.5 Å². The zero-order valence-corrected chi connectivity index (χ0v) is 23.8. The van der Waals surface area contributed by atoms with Crippen LogP contribution in [0.15, 0.2) is 146 Å². The van der Waals surface area contributed by atoms with Gasteiger partial charge in [0.05, 0.1) is 11.3 Å². The smallest absolute Gasteiger partial charge is 0.196 e. The van der Waals surface area contributed by atoms with Gasteiger partial charge in [0.25, 0.3) is 0 Å². The summed E-state index contributed by atoms with van der Waals surface area (Å²) in [4.78, 5) is 14.5. The number of carbonyl (C=O) groups is 1. The van der Waals surface area contributed by atoms with E-state index in [2.05, 4.69) is 28.8 Å². The van der Waals surface area contributed by atoms with Crippen LogP contribution < -0.4 is 0 Å². The van der Waals surface area contributed by atoms with Gasteiger partial charge in [0.2, 0.25) is 0 Å². The van der Waals surface area contributed by atoms with Crippen molar-refractivity contribution in [3.05, 3.63) is 178 Å². The van der Waals surface area contributed by atoms with Crippen LogP contribution in [0.4, 0.5) is 0 Å². The molecule has 1 aromatic heterocycles. The fraction of sp³-hybridized carbons (Fsp3) is 0.0270. The summed E-state index contributed by atoms with van der Waals surface area (Å²) in [6, 6.07) is 47.7. The van der Waals surface area contributed by atoms with E-state index in [-0.39, 0.29) is 5.78 Å². The first-order chi connectivity index (χ1) is 20.1. The Bertz CT molecular complexity index is 1870. The molecule has 4 heteroatoms. The molecule has 0 saturated carbocycles. The van der Waals surface area contributed by atoms with E-state index >= 15 is 0 Å². The highest BCUT2D eigenvalue weighted by Gasteiger charge is 2.27. The Morgan fingerprint density at radius 2 is 1.17 bits per heavy atom. The normalized spacial score (nSPS) is 10.9. The van der Waals surface area contributed by atoms with Gasteiger partial charge in [-0.3, -0.25) is 9.36 Å². The van der Waals surface area contributed by atoms with Gasteiger partial charge in [-0.2, -0.15) is 0 Å². The summed E-state index contributed by atoms with van der Waals surface area (Å²) >= 11 is 12.6. The summed E-state index contributed by atoms with van der Waals surface area (Å²) in [5.41, 5.74) is 7.84. The summed E-state index contributed by atoms with van der Waals surface area (Å²) in [6.45, 7) is 0. The minimum atomic E-state index is -0.112. The maximum absolute atomic E-state index is 14.5. The maximum Gasteiger partial charge on any atom is 0.196 e. The van der Waals surface area contributed by atoms with Crippen LogP contribution in [0.3, 0.4) is 0 Å². The van der Waals surface area contributed by atoms with E-state index in [0.717, 1.165) is 39.2 Å². The van der Waals surface area contributed by atoms with E-state index in [0.29, 0.717) is 27.2 Å². The Labute approximate surface area is 250 Å². The number of nitrogens with zero attached hydrogens (tertiary/aromatic N) is 1. The van der Waals surface area contributed by atoms with Gasteiger partial charge in [0.15, 0.2) is 5.78 Å². The molecule has 198 valence electrons. The fourth-order valence-corrected chi connectivity index (χ4v) is 5.82. The number of para-hydroxylation sites is 1. The highest BCUT2D eigenvalue weighted by Crippen LogP contribution is 2.40. The number of carbonyl (C=O) groups excluding carboxylic acids is 1. The average molecular weight is 568 g/mol. The monoisotopic (exact) mass is 567 g/mol. The van der Waals surface area contributed by atoms with Gasteiger partial charge >= 0.3 is 0 Å². The summed E-state index contributed by atoms with van der Waals surface area (Å²) in [7, 11) is 0. The summed E-state index contributed by atoms with van der Waals surface area (Å²) < 4.78 is 2.53. The molecule has 0 unspecified atom stereocenters. The molecule has 0 atom stereocenters. The van der Waals surface area contributed by atoms with Crippen molar-refractivity contribution < 1.29 is 4.79 Å². The zero-order valence-electron chi connectivity index (χ0n) is 22.2. The molecule has 0 saturated heterocycles. The molecule has 6 aromatic rings. The molecule has 6 rings (SSSR count). The Morgan fingerprint density at radius 3 is 1.78 bits per heavy atom. The lowest BCUT2D eigenvalue weighted by Gasteiger charge is -2.25. The number of benzene rings is 5. The predicted molar refractivity (Wildman–Crippen MR) is 172 cm³/mol. The standard InChI is InChI=1S/C37H26ClNOS/c38-30-23-21-27(22-24-30)33-32(25-26-13-5-1-6-14-26)35(28-15-7-2-8-16-28)39(31-19-11-4-12-20-31)37(41)34(33)36(40)29-17-9-3-10-18-29/h1-24H,25H2. The Hall–Kier alpha value is -4.57. The van der Waals surface area contributed by atoms with Crippen molar-refractivity contribution in [3.8, 4) is 28.1 Å². The minimum Gasteiger partial charge on any atom is -0.300 e. The molecule has 5 aromatic carbocycles. The third kappa shape index (κ3) is 5.43. The van der Waals surface area contributed by atoms with Crippen molar-refractivity contribution >= 4 is 29.6 Å². The lowest BCUT2D eigenvalue weighted by Crippen LogP contribution is -2.16. The zero-order chi connectivity index (χ0) is 28.2. The molecule has 0 aliphatic heterocycles. The Morgan fingerprint density at radius 1 is 0.634 bits per heavy atom. The lowest BCUT2D eigenvalue weighted by molar-refractivity contribution is 0.103. The third-order valence-electron chi connectivity index (χ3n) is 7.16. The highest BCUT2D eigenvalue weighted by molar-refractivity contribution is 7.71. The fourth-order valence-electron chi connectivity index (χ4n) is 5.30. The van der Waals surface area contributed by atoms with E-state index in [4.69, 9.17) is 23.8 Å². The van der Waals surface area contributed by atoms with Gasteiger partial charge in [0.1, 0.15) is 4.64 Å². The van der Waals surface area contributed by atoms with Crippen LogP contribution in [0, 0.1) is 4.64 Å². The first-order valence-electron chi connectivity index (χ1n) is 13.4. The highest BCUT2D eigenvalue weighted by atomic mass is 35.5. The number of hydrogen-bond acceptors (Lipinski definition) is 2. The second-order valence-electron chi connectivity index (χ2n) is 9.78. The first-order valence-corrected chi connectivity index (χ1v) is 14.2. The number of ketones is 1. The summed E-state index contributed by atoms with van der Waals surface area (Å²) in [6.07, 6.45) is 0.598. The molecule has 0 amide bonds. The quantitative estimate of drug-likeness (QED) is 0.141. The predicted octanol–water partition coefficient (Wildman–Crippen LogP) is 10.0. The molecule has 0 fully saturated rings. The lowest BCUT2D eigenvalue weighted by atomic mass is 9.86. The number of aromatic nitrogens is 1. The van der Waals surface area contributed by atoms with Crippen LogP contribution in [0.1, 0.15) is 27.0 Å². The molecule has 0 aliphatic carbocycles. The largest absolute Gasteiger partial charge is 0.300 e. The average Bonchev–Trinajstić information content (AvgIpc) is 3.03. The van der Waals surface area contributed by atoms with Crippen molar-refractivity contribution in [3.63, 3.8) is 0 Å². The molecular weight excluding hydrogens is 542 g/mol. The molecule has 0 aliphatic rings. The topological polar surface area (TPSA) is 22.0 Å². The van der Waals surface area contributed by atoms with Crippen LogP contribution in [0.5, 0.6) is 0 Å². The van der Waals surface area contributed by atoms with Crippen LogP contribution in [-0.2, 0) is 6.42 Å². The molecule has 0 radical (unpaired) electrons. The van der Waals surface area contributed by atoms with Gasteiger partial charge in [-0.25, -0.2) is 0 Å². The number of rotatable bonds is 7. The van der Waals surface area contributed by atoms with Crippen LogP contribution >= 0.6 is 23.8 Å². The second kappa shape index (κ2) is 11.9. The van der Waals surface area contributed by atoms with E-state index in [1.807, 2.05) is 121 Å². The maximum atomic E-state index is 14.5. The molecule has 0 bridgehead atoms. The SMILES string of the molecule is O=C(c1ccccc1)c1c(-c2ccc(Cl)cc2)c(Cc2ccccc2)c(-c2ccccc2)n(-c2ccccc2)c1=S. The van der Waals surface area contributed by atoms with Crippen molar-refractivity contribution in [2.45, 2.75) is 6.42 Å². The van der Waals surface area contributed by atoms with Crippen molar-refractivity contribution in [1.82, 2.24) is 4.57 Å². The van der Waals surface area contributed by atoms with E-state index in [1.165, 1.54) is 0 Å². The van der Waals surface area contributed by atoms with Gasteiger partial charge in [-0.1, -0.05) is 145 Å². The second-order valence-corrected chi connectivity index (χ2v) is 10.6. The molecule has 41 heavy (non-hydrogen) atoms. The van der Waals surface area contributed by atoms with E-state index < -0.39 is 0 Å². The van der Waals surface area contributed by atoms with Gasteiger partial charge in [-0.15, -0.1) is 0 Å². The first kappa shape index (κ1) is 26.6. The molecular formula is C37H26ClNOS. The van der Waals surface area contributed by atoms with E-state index in [1.54, 1.807) is 0 Å². The van der Waals surface area contributed by atoms with Crippen molar-refractivity contribution in [2.24, 2.45) is 0 Å². The van der Waals surface area contributed by atoms with Crippen molar-refractivity contribution in [1.29, 1.82) is 0 Å². The minimum absolute atomic E-state index is 0.112. The number of pyridine rings is 1. The molecule has 0 spiro atoms. The Kier molecular flexibility index (Phi) is 7.73. The van der Waals surface area contributed by atoms with Crippen LogP contribution in [0.25, 0.3) is 28.1 Å². The molecule has 0 N–H and O–H groups in total. The summed E-state index contributed by atoms with van der Waals surface area (Å²) in [5, 5.41) is 0.631. The number of halogens is 1. The third-order valence-corrected chi connectivity index (χ3v) is 7.80. The van der Waals surface area contributed by atoms with Gasteiger partial charge < -0.3 is 0 Å². The Balaban J connectivity index is 1.81. The summed E-state index contributed by atoms with van der Waals surface area (Å²) in [5.74, 6) is -0.112. The molecule has 2 nitrogen and oxygen atoms in total. The molecule has 1 heterocycles. The van der Waals surface area contributed by atoms with Gasteiger partial charge in [0, 0.05) is 28.3 Å². The number of hydrogen-bond donors (Lipinski definition) is 0. The van der Waals surface area contributed by atoms with E-state index in [9.17, 15) is 4.79 Å². The van der Waals surface area contributed by atoms with Crippen LogP contribution in [0.2, 0.25) is 5.02 Å².